The molecule has 0 bridgehead atoms. The van der Waals surface area contributed by atoms with Crippen molar-refractivity contribution in [3.63, 3.8) is 0 Å². The van der Waals surface area contributed by atoms with Crippen LogP contribution in [0.15, 0.2) is 42.5 Å². The SMILES string of the molecule is CCC(C(=O)NC)N(Cc1ccc(F)cc1)C(=O)CN(c1cccc(C)c1C)S(C)(=O)=O. The summed E-state index contributed by atoms with van der Waals surface area (Å²) in [6.45, 7) is 5.00. The van der Waals surface area contributed by atoms with Gasteiger partial charge in [-0.25, -0.2) is 12.8 Å². The van der Waals surface area contributed by atoms with Crippen LogP contribution in [0, 0.1) is 19.7 Å². The number of halogens is 1. The van der Waals surface area contributed by atoms with E-state index in [0.29, 0.717) is 17.7 Å². The van der Waals surface area contributed by atoms with Gasteiger partial charge in [0.15, 0.2) is 0 Å². The lowest BCUT2D eigenvalue weighted by Gasteiger charge is -2.33. The van der Waals surface area contributed by atoms with Crippen LogP contribution in [0.25, 0.3) is 0 Å². The molecule has 9 heteroatoms. The number of benzene rings is 2. The van der Waals surface area contributed by atoms with Crippen LogP contribution in [-0.2, 0) is 26.2 Å². The Labute approximate surface area is 189 Å². The van der Waals surface area contributed by atoms with Crippen molar-refractivity contribution in [1.29, 1.82) is 0 Å². The van der Waals surface area contributed by atoms with Gasteiger partial charge in [-0.15, -0.1) is 0 Å². The number of anilines is 1. The van der Waals surface area contributed by atoms with E-state index in [2.05, 4.69) is 5.32 Å². The van der Waals surface area contributed by atoms with Crippen LogP contribution < -0.4 is 9.62 Å². The van der Waals surface area contributed by atoms with Crippen molar-refractivity contribution in [2.75, 3.05) is 24.2 Å². The maximum absolute atomic E-state index is 13.4. The van der Waals surface area contributed by atoms with Gasteiger partial charge in [0.1, 0.15) is 18.4 Å². The first-order valence-electron chi connectivity index (χ1n) is 10.3. The van der Waals surface area contributed by atoms with Crippen LogP contribution in [0.3, 0.4) is 0 Å². The number of amides is 2. The second-order valence-corrected chi connectivity index (χ2v) is 9.58. The fourth-order valence-electron chi connectivity index (χ4n) is 3.47. The zero-order valence-electron chi connectivity index (χ0n) is 19.1. The first-order valence-corrected chi connectivity index (χ1v) is 12.1. The van der Waals surface area contributed by atoms with E-state index in [1.807, 2.05) is 13.0 Å². The molecule has 0 aliphatic rings. The molecule has 1 atom stereocenters. The summed E-state index contributed by atoms with van der Waals surface area (Å²) in [6.07, 6.45) is 1.37. The molecule has 2 amide bonds. The first kappa shape index (κ1) is 25.3. The number of aryl methyl sites for hydroxylation is 1. The van der Waals surface area contributed by atoms with Crippen LogP contribution in [-0.4, -0.2) is 51.0 Å². The molecule has 1 N–H and O–H groups in total. The number of rotatable bonds is 9. The van der Waals surface area contributed by atoms with Crippen LogP contribution >= 0.6 is 0 Å². The lowest BCUT2D eigenvalue weighted by atomic mass is 10.1. The fourth-order valence-corrected chi connectivity index (χ4v) is 4.37. The van der Waals surface area contributed by atoms with E-state index in [1.54, 1.807) is 26.0 Å². The van der Waals surface area contributed by atoms with Gasteiger partial charge >= 0.3 is 0 Å². The zero-order chi connectivity index (χ0) is 24.1. The van der Waals surface area contributed by atoms with E-state index in [4.69, 9.17) is 0 Å². The highest BCUT2D eigenvalue weighted by Crippen LogP contribution is 2.25. The van der Waals surface area contributed by atoms with Gasteiger partial charge in [0.25, 0.3) is 0 Å². The van der Waals surface area contributed by atoms with Crippen LogP contribution in [0.5, 0.6) is 0 Å². The molecule has 174 valence electrons. The summed E-state index contributed by atoms with van der Waals surface area (Å²) in [5.74, 6) is -1.31. The molecule has 7 nitrogen and oxygen atoms in total. The maximum atomic E-state index is 13.4. The number of nitrogens with zero attached hydrogens (tertiary/aromatic N) is 2. The number of nitrogens with one attached hydrogen (secondary N) is 1. The lowest BCUT2D eigenvalue weighted by Crippen LogP contribution is -2.51. The van der Waals surface area contributed by atoms with Crippen LogP contribution in [0.4, 0.5) is 10.1 Å². The summed E-state index contributed by atoms with van der Waals surface area (Å²) in [7, 11) is -2.31. The number of likely N-dealkylation sites (N-methyl/N-ethyl adjacent to an activating group) is 1. The summed E-state index contributed by atoms with van der Waals surface area (Å²) in [5, 5.41) is 2.55. The molecule has 0 radical (unpaired) electrons. The predicted molar refractivity (Wildman–Crippen MR) is 123 cm³/mol. The van der Waals surface area contributed by atoms with Crippen LogP contribution in [0.2, 0.25) is 0 Å². The number of hydrogen-bond acceptors (Lipinski definition) is 4. The minimum absolute atomic E-state index is 0.0371. The molecule has 0 fully saturated rings. The summed E-state index contributed by atoms with van der Waals surface area (Å²) in [5.41, 5.74) is 2.67. The van der Waals surface area contributed by atoms with Gasteiger partial charge in [0.05, 0.1) is 11.9 Å². The Bertz CT molecular complexity index is 1070. The molecule has 2 rings (SSSR count). The van der Waals surface area contributed by atoms with Crippen molar-refractivity contribution >= 4 is 27.5 Å². The molecule has 0 heterocycles. The van der Waals surface area contributed by atoms with E-state index < -0.39 is 34.3 Å². The quantitative estimate of drug-likeness (QED) is 0.620. The highest BCUT2D eigenvalue weighted by Gasteiger charge is 2.31. The van der Waals surface area contributed by atoms with Crippen molar-refractivity contribution in [1.82, 2.24) is 10.2 Å². The molecule has 0 aromatic heterocycles. The zero-order valence-corrected chi connectivity index (χ0v) is 19.9. The van der Waals surface area contributed by atoms with E-state index in [-0.39, 0.29) is 12.5 Å². The molecule has 0 aliphatic heterocycles. The van der Waals surface area contributed by atoms with E-state index in [0.717, 1.165) is 21.7 Å². The van der Waals surface area contributed by atoms with E-state index >= 15 is 0 Å². The largest absolute Gasteiger partial charge is 0.357 e. The predicted octanol–water partition coefficient (Wildman–Crippen LogP) is 2.76. The number of carbonyl (C=O) groups is 2. The van der Waals surface area contributed by atoms with Gasteiger partial charge in [-0.05, 0) is 55.2 Å². The highest BCUT2D eigenvalue weighted by atomic mass is 32.2. The Kier molecular flexibility index (Phi) is 8.38. The van der Waals surface area contributed by atoms with Gasteiger partial charge in [-0.2, -0.15) is 0 Å². The second-order valence-electron chi connectivity index (χ2n) is 7.68. The van der Waals surface area contributed by atoms with E-state index in [1.165, 1.54) is 36.2 Å². The summed E-state index contributed by atoms with van der Waals surface area (Å²) in [6, 6.07) is 10.1. The summed E-state index contributed by atoms with van der Waals surface area (Å²) >= 11 is 0. The smallest absolute Gasteiger partial charge is 0.244 e. The molecule has 32 heavy (non-hydrogen) atoms. The molecule has 2 aromatic carbocycles. The van der Waals surface area contributed by atoms with E-state index in [9.17, 15) is 22.4 Å². The average molecular weight is 464 g/mol. The minimum atomic E-state index is -3.79. The lowest BCUT2D eigenvalue weighted by molar-refractivity contribution is -0.140. The fraction of sp³-hybridized carbons (Fsp3) is 0.391. The Morgan fingerprint density at radius 2 is 1.72 bits per heavy atom. The molecular formula is C23H30FN3O4S. The maximum Gasteiger partial charge on any atom is 0.244 e. The molecule has 0 spiro atoms. The van der Waals surface area contributed by atoms with Crippen LogP contribution in [0.1, 0.15) is 30.0 Å². The Morgan fingerprint density at radius 1 is 1.09 bits per heavy atom. The normalized spacial score (nSPS) is 12.2. The molecular weight excluding hydrogens is 433 g/mol. The van der Waals surface area contributed by atoms with Crippen molar-refractivity contribution in [3.8, 4) is 0 Å². The number of carbonyl (C=O) groups excluding carboxylic acids is 2. The standard InChI is InChI=1S/C23H30FN3O4S/c1-6-20(23(29)25-4)26(14-18-10-12-19(24)13-11-18)22(28)15-27(32(5,30)31)21-9-7-8-16(2)17(21)3/h7-13,20H,6,14-15H2,1-5H3,(H,25,29). The molecule has 0 saturated heterocycles. The second kappa shape index (κ2) is 10.6. The third-order valence-corrected chi connectivity index (χ3v) is 6.55. The van der Waals surface area contributed by atoms with Crippen molar-refractivity contribution in [2.45, 2.75) is 39.8 Å². The molecule has 1 unspecified atom stereocenters. The van der Waals surface area contributed by atoms with Crippen molar-refractivity contribution in [3.05, 3.63) is 65.0 Å². The minimum Gasteiger partial charge on any atom is -0.357 e. The van der Waals surface area contributed by atoms with Gasteiger partial charge in [0.2, 0.25) is 21.8 Å². The number of hydrogen-bond donors (Lipinski definition) is 1. The highest BCUT2D eigenvalue weighted by molar-refractivity contribution is 7.92. The number of sulfonamides is 1. The van der Waals surface area contributed by atoms with Gasteiger partial charge in [-0.1, -0.05) is 31.2 Å². The topological polar surface area (TPSA) is 86.8 Å². The Morgan fingerprint density at radius 3 is 2.25 bits per heavy atom. The molecule has 0 saturated carbocycles. The Hall–Kier alpha value is -2.94. The van der Waals surface area contributed by atoms with Gasteiger partial charge in [0, 0.05) is 13.6 Å². The van der Waals surface area contributed by atoms with Gasteiger partial charge in [-0.3, -0.25) is 13.9 Å². The summed E-state index contributed by atoms with van der Waals surface area (Å²) in [4.78, 5) is 27.3. The van der Waals surface area contributed by atoms with Crippen molar-refractivity contribution < 1.29 is 22.4 Å². The summed E-state index contributed by atoms with van der Waals surface area (Å²) < 4.78 is 39.6. The first-order chi connectivity index (χ1) is 15.0. The molecule has 0 aliphatic carbocycles. The third kappa shape index (κ3) is 6.06. The van der Waals surface area contributed by atoms with Gasteiger partial charge < -0.3 is 10.2 Å². The molecule has 2 aromatic rings. The van der Waals surface area contributed by atoms with Crippen molar-refractivity contribution in [2.24, 2.45) is 0 Å². The third-order valence-electron chi connectivity index (χ3n) is 5.42. The monoisotopic (exact) mass is 463 g/mol. The average Bonchev–Trinajstić information content (AvgIpc) is 2.74. The Balaban J connectivity index is 2.46.